The van der Waals surface area contributed by atoms with Gasteiger partial charge in [-0.1, -0.05) is 30.3 Å². The van der Waals surface area contributed by atoms with Crippen molar-refractivity contribution in [3.63, 3.8) is 0 Å². The molecule has 1 saturated heterocycles. The number of morpholine rings is 1. The van der Waals surface area contributed by atoms with E-state index in [0.29, 0.717) is 30.8 Å². The number of hydrogen-bond acceptors (Lipinski definition) is 5. The van der Waals surface area contributed by atoms with E-state index in [0.717, 1.165) is 10.5 Å². The Kier molecular flexibility index (Phi) is 5.42. The highest BCUT2D eigenvalue weighted by atomic mass is 16.5. The first kappa shape index (κ1) is 19.3. The molecule has 0 spiro atoms. The van der Waals surface area contributed by atoms with E-state index >= 15 is 0 Å². The van der Waals surface area contributed by atoms with E-state index in [1.54, 1.807) is 17.0 Å². The van der Waals surface area contributed by atoms with Crippen LogP contribution in [0.2, 0.25) is 0 Å². The van der Waals surface area contributed by atoms with Crippen molar-refractivity contribution in [1.29, 1.82) is 0 Å². The molecule has 7 heteroatoms. The highest BCUT2D eigenvalue weighted by Crippen LogP contribution is 2.26. The normalized spacial score (nSPS) is 18.9. The highest BCUT2D eigenvalue weighted by molar-refractivity contribution is 6.22. The van der Waals surface area contributed by atoms with Crippen LogP contribution in [0.25, 0.3) is 0 Å². The molecular weight excluding hydrogens is 372 g/mol. The lowest BCUT2D eigenvalue weighted by molar-refractivity contribution is -0.0228. The molecule has 0 radical (unpaired) electrons. The second kappa shape index (κ2) is 8.14. The Morgan fingerprint density at radius 2 is 1.86 bits per heavy atom. The molecule has 0 N–H and O–H groups in total. The summed E-state index contributed by atoms with van der Waals surface area (Å²) in [7, 11) is 1.51. The van der Waals surface area contributed by atoms with E-state index in [1.165, 1.54) is 13.2 Å². The van der Waals surface area contributed by atoms with Crippen LogP contribution in [-0.4, -0.2) is 67.5 Å². The van der Waals surface area contributed by atoms with E-state index in [-0.39, 0.29) is 42.5 Å². The molecular formula is C22H22N2O5. The van der Waals surface area contributed by atoms with E-state index in [2.05, 4.69) is 0 Å². The van der Waals surface area contributed by atoms with Gasteiger partial charge in [-0.3, -0.25) is 19.3 Å². The summed E-state index contributed by atoms with van der Waals surface area (Å²) in [5, 5.41) is 0. The summed E-state index contributed by atoms with van der Waals surface area (Å²) >= 11 is 0. The van der Waals surface area contributed by atoms with Crippen LogP contribution >= 0.6 is 0 Å². The summed E-state index contributed by atoms with van der Waals surface area (Å²) in [5.74, 6) is -0.912. The van der Waals surface area contributed by atoms with Gasteiger partial charge in [0.05, 0.1) is 37.4 Å². The van der Waals surface area contributed by atoms with Gasteiger partial charge >= 0.3 is 0 Å². The fourth-order valence-electron chi connectivity index (χ4n) is 3.70. The van der Waals surface area contributed by atoms with Crippen molar-refractivity contribution >= 4 is 17.7 Å². The largest absolute Gasteiger partial charge is 0.383 e. The first-order valence-electron chi connectivity index (χ1n) is 9.55. The highest BCUT2D eigenvalue weighted by Gasteiger charge is 2.36. The fraction of sp³-hybridized carbons (Fsp3) is 0.318. The van der Waals surface area contributed by atoms with Gasteiger partial charge in [0.15, 0.2) is 0 Å². The predicted molar refractivity (Wildman–Crippen MR) is 105 cm³/mol. The van der Waals surface area contributed by atoms with Crippen LogP contribution in [0.1, 0.15) is 42.7 Å². The van der Waals surface area contributed by atoms with Crippen LogP contribution < -0.4 is 0 Å². The smallest absolute Gasteiger partial charge is 0.261 e. The van der Waals surface area contributed by atoms with Crippen molar-refractivity contribution in [2.75, 3.05) is 40.0 Å². The number of carbonyl (C=O) groups excluding carboxylic acids is 3. The molecule has 2 aliphatic rings. The summed E-state index contributed by atoms with van der Waals surface area (Å²) < 4.78 is 10.8. The maximum atomic E-state index is 13.1. The first-order chi connectivity index (χ1) is 14.1. The third kappa shape index (κ3) is 3.66. The maximum absolute atomic E-state index is 13.1. The Morgan fingerprint density at radius 3 is 2.62 bits per heavy atom. The minimum absolute atomic E-state index is 0.173. The molecule has 2 heterocycles. The maximum Gasteiger partial charge on any atom is 0.261 e. The minimum Gasteiger partial charge on any atom is -0.383 e. The SMILES string of the molecule is COCCN1C(=O)c2ccc(C(=O)N3CCOC(c4ccccc4)C3)cc2C1=O. The number of hydrogen-bond donors (Lipinski definition) is 0. The summed E-state index contributed by atoms with van der Waals surface area (Å²) in [4.78, 5) is 41.0. The minimum atomic E-state index is -0.388. The third-order valence-electron chi connectivity index (χ3n) is 5.26. The molecule has 7 nitrogen and oxygen atoms in total. The Balaban J connectivity index is 1.53. The van der Waals surface area contributed by atoms with Gasteiger partial charge < -0.3 is 14.4 Å². The molecule has 0 aliphatic carbocycles. The lowest BCUT2D eigenvalue weighted by Gasteiger charge is -2.33. The zero-order valence-electron chi connectivity index (χ0n) is 16.2. The molecule has 2 aromatic rings. The molecule has 1 unspecified atom stereocenters. The van der Waals surface area contributed by atoms with Gasteiger partial charge in [-0.2, -0.15) is 0 Å². The monoisotopic (exact) mass is 394 g/mol. The first-order valence-corrected chi connectivity index (χ1v) is 9.55. The van der Waals surface area contributed by atoms with Crippen molar-refractivity contribution in [1.82, 2.24) is 9.80 Å². The van der Waals surface area contributed by atoms with Crippen molar-refractivity contribution in [2.24, 2.45) is 0 Å². The molecule has 0 saturated carbocycles. The zero-order valence-corrected chi connectivity index (χ0v) is 16.2. The van der Waals surface area contributed by atoms with Gasteiger partial charge in [-0.25, -0.2) is 0 Å². The Hall–Kier alpha value is -3.03. The van der Waals surface area contributed by atoms with E-state index in [1.807, 2.05) is 30.3 Å². The van der Waals surface area contributed by atoms with Crippen LogP contribution in [0.4, 0.5) is 0 Å². The number of ether oxygens (including phenoxy) is 2. The molecule has 2 aromatic carbocycles. The van der Waals surface area contributed by atoms with Gasteiger partial charge in [-0.05, 0) is 23.8 Å². The number of rotatable bonds is 5. The van der Waals surface area contributed by atoms with Crippen molar-refractivity contribution in [2.45, 2.75) is 6.10 Å². The van der Waals surface area contributed by atoms with E-state index in [4.69, 9.17) is 9.47 Å². The lowest BCUT2D eigenvalue weighted by atomic mass is 10.0. The summed E-state index contributed by atoms with van der Waals surface area (Å²) in [6, 6.07) is 14.5. The summed E-state index contributed by atoms with van der Waals surface area (Å²) in [6.45, 7) is 1.82. The number of methoxy groups -OCH3 is 1. The average molecular weight is 394 g/mol. The molecule has 0 bridgehead atoms. The van der Waals surface area contributed by atoms with Crippen LogP contribution in [0.15, 0.2) is 48.5 Å². The number of carbonyl (C=O) groups is 3. The second-order valence-corrected chi connectivity index (χ2v) is 7.04. The van der Waals surface area contributed by atoms with Crippen molar-refractivity contribution < 1.29 is 23.9 Å². The number of nitrogens with zero attached hydrogens (tertiary/aromatic N) is 2. The molecule has 3 amide bonds. The predicted octanol–water partition coefficient (Wildman–Crippen LogP) is 2.14. The quantitative estimate of drug-likeness (QED) is 0.727. The molecule has 1 atom stereocenters. The second-order valence-electron chi connectivity index (χ2n) is 7.04. The molecule has 1 fully saturated rings. The van der Waals surface area contributed by atoms with E-state index in [9.17, 15) is 14.4 Å². The average Bonchev–Trinajstić information content (AvgIpc) is 3.01. The fourth-order valence-corrected chi connectivity index (χ4v) is 3.70. The van der Waals surface area contributed by atoms with Gasteiger partial charge in [0.1, 0.15) is 6.10 Å². The topological polar surface area (TPSA) is 76.2 Å². The van der Waals surface area contributed by atoms with Gasteiger partial charge in [0.2, 0.25) is 0 Å². The van der Waals surface area contributed by atoms with Gasteiger partial charge in [0.25, 0.3) is 17.7 Å². The van der Waals surface area contributed by atoms with Crippen LogP contribution in [0.3, 0.4) is 0 Å². The van der Waals surface area contributed by atoms with Crippen molar-refractivity contribution in [3.05, 3.63) is 70.8 Å². The zero-order chi connectivity index (χ0) is 20.4. The third-order valence-corrected chi connectivity index (χ3v) is 5.26. The summed E-state index contributed by atoms with van der Waals surface area (Å²) in [6.07, 6.45) is -0.184. The van der Waals surface area contributed by atoms with Crippen molar-refractivity contribution in [3.8, 4) is 0 Å². The van der Waals surface area contributed by atoms with Gasteiger partial charge in [0, 0.05) is 19.2 Å². The molecule has 2 aliphatic heterocycles. The number of fused-ring (bicyclic) bond motifs is 1. The number of imide groups is 1. The molecule has 0 aromatic heterocycles. The van der Waals surface area contributed by atoms with E-state index < -0.39 is 0 Å². The lowest BCUT2D eigenvalue weighted by Crippen LogP contribution is -2.42. The molecule has 4 rings (SSSR count). The van der Waals surface area contributed by atoms with Crippen LogP contribution in [0.5, 0.6) is 0 Å². The Bertz CT molecular complexity index is 943. The van der Waals surface area contributed by atoms with Gasteiger partial charge in [-0.15, -0.1) is 0 Å². The number of benzene rings is 2. The summed E-state index contributed by atoms with van der Waals surface area (Å²) in [5.41, 5.74) is 2.01. The molecule has 150 valence electrons. The Morgan fingerprint density at radius 1 is 1.10 bits per heavy atom. The standard InChI is InChI=1S/C22H22N2O5/c1-28-11-10-24-21(26)17-8-7-16(13-18(17)22(24)27)20(25)23-9-12-29-19(14-23)15-5-3-2-4-6-15/h2-8,13,19H,9-12,14H2,1H3. The number of amides is 3. The Labute approximate surface area is 168 Å². The van der Waals surface area contributed by atoms with Crippen LogP contribution in [-0.2, 0) is 9.47 Å². The van der Waals surface area contributed by atoms with Crippen LogP contribution in [0, 0.1) is 0 Å². The molecule has 29 heavy (non-hydrogen) atoms.